The number of hydrogen-bond donors (Lipinski definition) is 2. The lowest BCUT2D eigenvalue weighted by atomic mass is 10.1. The Hall–Kier alpha value is -0.900. The van der Waals surface area contributed by atoms with Gasteiger partial charge in [0.05, 0.1) is 6.04 Å². The van der Waals surface area contributed by atoms with E-state index in [1.165, 1.54) is 6.92 Å². The van der Waals surface area contributed by atoms with Crippen LogP contribution in [0.4, 0.5) is 0 Å². The maximum atomic E-state index is 11.0. The molecule has 2 N–H and O–H groups in total. The van der Waals surface area contributed by atoms with Crippen molar-refractivity contribution in [3.63, 3.8) is 0 Å². The molecule has 1 unspecified atom stereocenters. The van der Waals surface area contributed by atoms with Gasteiger partial charge in [-0.1, -0.05) is 6.92 Å². The third-order valence-electron chi connectivity index (χ3n) is 1.75. The molecular formula is C9H18N2O2. The molecule has 1 atom stereocenters. The van der Waals surface area contributed by atoms with Gasteiger partial charge in [0.15, 0.2) is 0 Å². The summed E-state index contributed by atoms with van der Waals surface area (Å²) in [6, 6.07) is -0.128. The summed E-state index contributed by atoms with van der Waals surface area (Å²) in [6.45, 7) is 6.29. The lowest BCUT2D eigenvalue weighted by molar-refractivity contribution is -0.121. The fourth-order valence-corrected chi connectivity index (χ4v) is 1.09. The van der Waals surface area contributed by atoms with Crippen LogP contribution in [0.25, 0.3) is 0 Å². The highest BCUT2D eigenvalue weighted by molar-refractivity contribution is 5.81. The van der Waals surface area contributed by atoms with Gasteiger partial charge in [-0.15, -0.1) is 0 Å². The van der Waals surface area contributed by atoms with Crippen molar-refractivity contribution in [2.45, 2.75) is 33.2 Å². The molecule has 0 heterocycles. The van der Waals surface area contributed by atoms with Gasteiger partial charge in [-0.3, -0.25) is 9.59 Å². The van der Waals surface area contributed by atoms with E-state index in [4.69, 9.17) is 0 Å². The van der Waals surface area contributed by atoms with Crippen molar-refractivity contribution in [3.8, 4) is 0 Å². The lowest BCUT2D eigenvalue weighted by Gasteiger charge is -2.14. The van der Waals surface area contributed by atoms with Crippen LogP contribution < -0.4 is 10.6 Å². The lowest BCUT2D eigenvalue weighted by Crippen LogP contribution is -2.38. The average molecular weight is 186 g/mol. The first-order valence-electron chi connectivity index (χ1n) is 4.56. The molecule has 0 aliphatic carbocycles. The van der Waals surface area contributed by atoms with Crippen LogP contribution in [-0.2, 0) is 9.59 Å². The van der Waals surface area contributed by atoms with Crippen molar-refractivity contribution >= 4 is 11.7 Å². The highest BCUT2D eigenvalue weighted by Gasteiger charge is 2.11. The van der Waals surface area contributed by atoms with Crippen molar-refractivity contribution in [3.05, 3.63) is 0 Å². The third kappa shape index (κ3) is 6.28. The molecule has 0 radical (unpaired) electrons. The molecule has 0 spiro atoms. The van der Waals surface area contributed by atoms with Crippen molar-refractivity contribution in [1.82, 2.24) is 10.6 Å². The zero-order valence-electron chi connectivity index (χ0n) is 8.52. The predicted molar refractivity (Wildman–Crippen MR) is 51.4 cm³/mol. The SMILES string of the molecule is CCNC(CCNC(C)=O)C(C)=O. The van der Waals surface area contributed by atoms with Gasteiger partial charge in [0.1, 0.15) is 5.78 Å². The molecule has 0 saturated heterocycles. The van der Waals surface area contributed by atoms with E-state index in [0.717, 1.165) is 6.54 Å². The van der Waals surface area contributed by atoms with E-state index < -0.39 is 0 Å². The van der Waals surface area contributed by atoms with Crippen LogP contribution in [-0.4, -0.2) is 30.8 Å². The summed E-state index contributed by atoms with van der Waals surface area (Å²) >= 11 is 0. The zero-order chi connectivity index (χ0) is 10.3. The molecule has 0 rings (SSSR count). The van der Waals surface area contributed by atoms with Crippen molar-refractivity contribution < 1.29 is 9.59 Å². The Morgan fingerprint density at radius 2 is 1.92 bits per heavy atom. The van der Waals surface area contributed by atoms with Crippen LogP contribution in [0.5, 0.6) is 0 Å². The topological polar surface area (TPSA) is 58.2 Å². The van der Waals surface area contributed by atoms with E-state index in [9.17, 15) is 9.59 Å². The van der Waals surface area contributed by atoms with Gasteiger partial charge in [0, 0.05) is 13.5 Å². The number of hydrogen-bond acceptors (Lipinski definition) is 3. The smallest absolute Gasteiger partial charge is 0.216 e. The quantitative estimate of drug-likeness (QED) is 0.617. The second kappa shape index (κ2) is 6.60. The van der Waals surface area contributed by atoms with Crippen LogP contribution >= 0.6 is 0 Å². The largest absolute Gasteiger partial charge is 0.356 e. The summed E-state index contributed by atoms with van der Waals surface area (Å²) in [4.78, 5) is 21.6. The molecule has 0 aliphatic rings. The summed E-state index contributed by atoms with van der Waals surface area (Å²) in [5.41, 5.74) is 0. The molecule has 0 fully saturated rings. The molecule has 4 nitrogen and oxygen atoms in total. The molecule has 13 heavy (non-hydrogen) atoms. The number of nitrogens with one attached hydrogen (secondary N) is 2. The average Bonchev–Trinajstić information content (AvgIpc) is 2.02. The molecule has 0 aromatic carbocycles. The van der Waals surface area contributed by atoms with Gasteiger partial charge in [-0.25, -0.2) is 0 Å². The van der Waals surface area contributed by atoms with E-state index in [-0.39, 0.29) is 17.7 Å². The van der Waals surface area contributed by atoms with Gasteiger partial charge in [-0.2, -0.15) is 0 Å². The monoisotopic (exact) mass is 186 g/mol. The van der Waals surface area contributed by atoms with Gasteiger partial charge in [0.25, 0.3) is 0 Å². The minimum atomic E-state index is -0.128. The Labute approximate surface area is 79.1 Å². The maximum Gasteiger partial charge on any atom is 0.216 e. The first-order valence-corrected chi connectivity index (χ1v) is 4.56. The number of amides is 1. The van der Waals surface area contributed by atoms with Crippen molar-refractivity contribution in [2.24, 2.45) is 0 Å². The third-order valence-corrected chi connectivity index (χ3v) is 1.75. The van der Waals surface area contributed by atoms with Crippen LogP contribution in [0.1, 0.15) is 27.2 Å². The summed E-state index contributed by atoms with van der Waals surface area (Å²) in [5, 5.41) is 5.71. The van der Waals surface area contributed by atoms with Gasteiger partial charge >= 0.3 is 0 Å². The van der Waals surface area contributed by atoms with Gasteiger partial charge < -0.3 is 10.6 Å². The minimum absolute atomic E-state index is 0.0567. The number of carbonyl (C=O) groups excluding carboxylic acids is 2. The number of carbonyl (C=O) groups is 2. The highest BCUT2D eigenvalue weighted by atomic mass is 16.1. The predicted octanol–water partition coefficient (Wildman–Crippen LogP) is 0.0797. The summed E-state index contributed by atoms with van der Waals surface area (Å²) in [7, 11) is 0. The zero-order valence-corrected chi connectivity index (χ0v) is 8.52. The molecule has 0 saturated carbocycles. The molecular weight excluding hydrogens is 168 g/mol. The fourth-order valence-electron chi connectivity index (χ4n) is 1.09. The second-order valence-corrected chi connectivity index (χ2v) is 2.99. The standard InChI is InChI=1S/C9H18N2O2/c1-4-10-9(7(2)12)5-6-11-8(3)13/h9-10H,4-6H2,1-3H3,(H,11,13). The molecule has 0 aromatic heterocycles. The maximum absolute atomic E-state index is 11.0. The van der Waals surface area contributed by atoms with Crippen molar-refractivity contribution in [2.75, 3.05) is 13.1 Å². The Morgan fingerprint density at radius 1 is 1.31 bits per heavy atom. The fraction of sp³-hybridized carbons (Fsp3) is 0.778. The van der Waals surface area contributed by atoms with Crippen LogP contribution in [0.2, 0.25) is 0 Å². The molecule has 76 valence electrons. The molecule has 4 heteroatoms. The molecule has 0 aliphatic heterocycles. The number of ketones is 1. The minimum Gasteiger partial charge on any atom is -0.356 e. The van der Waals surface area contributed by atoms with Crippen molar-refractivity contribution in [1.29, 1.82) is 0 Å². The Balaban J connectivity index is 3.69. The second-order valence-electron chi connectivity index (χ2n) is 2.99. The van der Waals surface area contributed by atoms with Crippen LogP contribution in [0.3, 0.4) is 0 Å². The van der Waals surface area contributed by atoms with E-state index >= 15 is 0 Å². The summed E-state index contributed by atoms with van der Waals surface area (Å²) < 4.78 is 0. The first kappa shape index (κ1) is 12.1. The molecule has 0 aromatic rings. The number of Topliss-reactive ketones (excluding diaryl/α,β-unsaturated/α-hetero) is 1. The Morgan fingerprint density at radius 3 is 2.31 bits per heavy atom. The van der Waals surface area contributed by atoms with Crippen LogP contribution in [0, 0.1) is 0 Å². The molecule has 1 amide bonds. The highest BCUT2D eigenvalue weighted by Crippen LogP contribution is 1.92. The molecule has 0 bridgehead atoms. The van der Waals surface area contributed by atoms with E-state index in [2.05, 4.69) is 10.6 Å². The van der Waals surface area contributed by atoms with Gasteiger partial charge in [-0.05, 0) is 19.9 Å². The van der Waals surface area contributed by atoms with E-state index in [0.29, 0.717) is 13.0 Å². The summed E-state index contributed by atoms with van der Waals surface area (Å²) in [5.74, 6) is 0.0611. The van der Waals surface area contributed by atoms with E-state index in [1.54, 1.807) is 6.92 Å². The first-order chi connectivity index (χ1) is 6.07. The number of rotatable bonds is 6. The van der Waals surface area contributed by atoms with E-state index in [1.807, 2.05) is 6.92 Å². The summed E-state index contributed by atoms with van der Waals surface area (Å²) in [6.07, 6.45) is 0.656. The van der Waals surface area contributed by atoms with Crippen LogP contribution in [0.15, 0.2) is 0 Å². The Bertz CT molecular complexity index is 180. The number of likely N-dealkylation sites (N-methyl/N-ethyl adjacent to an activating group) is 1. The van der Waals surface area contributed by atoms with Gasteiger partial charge in [0.2, 0.25) is 5.91 Å². The normalized spacial score (nSPS) is 12.2. The Kier molecular flexibility index (Phi) is 6.14.